The van der Waals surface area contributed by atoms with E-state index in [0.29, 0.717) is 19.4 Å². The standard InChI is InChI=1S/C61H114O5/c1-4-7-10-13-16-19-22-25-27-29-31-32-34-37-39-42-45-48-51-54-60(62)65-58-59(66-61(63)55-52-49-46-43-40-36-24-21-18-15-12-9-6-3)57-64-56-53-50-47-44-41-38-35-33-30-28-26-23-20-17-14-11-8-5-2/h12,15,21,24-25,27,59H,4-11,13-14,16-20,22-23,26,28-58H2,1-3H3/b15-12-,24-21-,27-25-. The minimum absolute atomic E-state index is 0.0839. The van der Waals surface area contributed by atoms with Gasteiger partial charge in [-0.3, -0.25) is 9.59 Å². The van der Waals surface area contributed by atoms with Crippen LogP contribution in [0.25, 0.3) is 0 Å². The molecular formula is C61H114O5. The maximum atomic E-state index is 12.8. The van der Waals surface area contributed by atoms with Crippen molar-refractivity contribution in [3.8, 4) is 0 Å². The molecule has 5 heteroatoms. The zero-order valence-corrected chi connectivity index (χ0v) is 44.7. The molecule has 0 aliphatic heterocycles. The van der Waals surface area contributed by atoms with Gasteiger partial charge in [-0.2, -0.15) is 0 Å². The fraction of sp³-hybridized carbons (Fsp3) is 0.869. The van der Waals surface area contributed by atoms with E-state index in [2.05, 4.69) is 57.2 Å². The summed E-state index contributed by atoms with van der Waals surface area (Å²) in [5, 5.41) is 0. The number of rotatable bonds is 55. The first kappa shape index (κ1) is 64.1. The van der Waals surface area contributed by atoms with Crippen LogP contribution in [0.1, 0.15) is 316 Å². The molecule has 0 saturated heterocycles. The first-order valence-corrected chi connectivity index (χ1v) is 29.5. The van der Waals surface area contributed by atoms with Crippen LogP contribution in [0.3, 0.4) is 0 Å². The monoisotopic (exact) mass is 927 g/mol. The Hall–Kier alpha value is -1.88. The van der Waals surface area contributed by atoms with Gasteiger partial charge in [-0.1, -0.05) is 269 Å². The van der Waals surface area contributed by atoms with Gasteiger partial charge in [0.1, 0.15) is 6.61 Å². The zero-order chi connectivity index (χ0) is 47.7. The van der Waals surface area contributed by atoms with E-state index in [0.717, 1.165) is 51.4 Å². The molecule has 0 aromatic carbocycles. The lowest BCUT2D eigenvalue weighted by Gasteiger charge is -2.18. The first-order chi connectivity index (χ1) is 32.6. The highest BCUT2D eigenvalue weighted by atomic mass is 16.6. The zero-order valence-electron chi connectivity index (χ0n) is 44.7. The van der Waals surface area contributed by atoms with Gasteiger partial charge in [0.15, 0.2) is 6.10 Å². The van der Waals surface area contributed by atoms with Crippen LogP contribution in [0.2, 0.25) is 0 Å². The molecule has 0 spiro atoms. The Kier molecular flexibility index (Phi) is 55.8. The Bertz CT molecular complexity index is 1050. The summed E-state index contributed by atoms with van der Waals surface area (Å²) in [6.45, 7) is 7.81. The van der Waals surface area contributed by atoms with E-state index in [-0.39, 0.29) is 25.2 Å². The second-order valence-electron chi connectivity index (χ2n) is 19.9. The van der Waals surface area contributed by atoms with Crippen molar-refractivity contribution in [2.75, 3.05) is 19.8 Å². The lowest BCUT2D eigenvalue weighted by molar-refractivity contribution is -0.163. The summed E-state index contributed by atoms with van der Waals surface area (Å²) < 4.78 is 17.5. The fourth-order valence-corrected chi connectivity index (χ4v) is 8.72. The third-order valence-corrected chi connectivity index (χ3v) is 13.1. The predicted molar refractivity (Wildman–Crippen MR) is 288 cm³/mol. The predicted octanol–water partition coefficient (Wildman–Crippen LogP) is 20.1. The summed E-state index contributed by atoms with van der Waals surface area (Å²) in [6, 6.07) is 0. The lowest BCUT2D eigenvalue weighted by Crippen LogP contribution is -2.30. The Balaban J connectivity index is 4.20. The number of hydrogen-bond donors (Lipinski definition) is 0. The summed E-state index contributed by atoms with van der Waals surface area (Å²) >= 11 is 0. The lowest BCUT2D eigenvalue weighted by atomic mass is 10.0. The van der Waals surface area contributed by atoms with Crippen LogP contribution in [0.4, 0.5) is 0 Å². The number of unbranched alkanes of at least 4 members (excludes halogenated alkanes) is 38. The highest BCUT2D eigenvalue weighted by molar-refractivity contribution is 5.70. The van der Waals surface area contributed by atoms with Crippen molar-refractivity contribution in [3.63, 3.8) is 0 Å². The van der Waals surface area contributed by atoms with Crippen molar-refractivity contribution < 1.29 is 23.8 Å². The smallest absolute Gasteiger partial charge is 0.306 e. The molecule has 1 atom stereocenters. The molecule has 0 aromatic heterocycles. The average Bonchev–Trinajstić information content (AvgIpc) is 3.32. The summed E-state index contributed by atoms with van der Waals surface area (Å²) in [6.07, 6.45) is 70.3. The van der Waals surface area contributed by atoms with Crippen LogP contribution in [0.5, 0.6) is 0 Å². The van der Waals surface area contributed by atoms with E-state index in [1.54, 1.807) is 0 Å². The van der Waals surface area contributed by atoms with E-state index in [9.17, 15) is 9.59 Å². The SMILES string of the molecule is CCC/C=C\C/C=C\CCCCCCCC(=O)OC(COCCCCCCCCCCCCCCCCCCCC)COC(=O)CCCCCCCCCCC/C=C\CCCCCCCC. The van der Waals surface area contributed by atoms with Gasteiger partial charge >= 0.3 is 11.9 Å². The molecule has 0 radical (unpaired) electrons. The summed E-state index contributed by atoms with van der Waals surface area (Å²) in [5.74, 6) is -0.397. The number of carbonyl (C=O) groups is 2. The van der Waals surface area contributed by atoms with Gasteiger partial charge in [0.2, 0.25) is 0 Å². The number of hydrogen-bond acceptors (Lipinski definition) is 5. The molecule has 0 aliphatic rings. The highest BCUT2D eigenvalue weighted by Crippen LogP contribution is 2.16. The molecule has 0 aromatic rings. The van der Waals surface area contributed by atoms with Gasteiger partial charge in [0.05, 0.1) is 6.61 Å². The van der Waals surface area contributed by atoms with Crippen LogP contribution >= 0.6 is 0 Å². The molecule has 1 unspecified atom stereocenters. The average molecular weight is 928 g/mol. The Morgan fingerprint density at radius 3 is 1.08 bits per heavy atom. The van der Waals surface area contributed by atoms with Crippen molar-refractivity contribution in [2.24, 2.45) is 0 Å². The second-order valence-corrected chi connectivity index (χ2v) is 19.9. The summed E-state index contributed by atoms with van der Waals surface area (Å²) in [7, 11) is 0. The number of ether oxygens (including phenoxy) is 3. The van der Waals surface area contributed by atoms with Crippen LogP contribution in [0.15, 0.2) is 36.5 Å². The molecule has 0 aliphatic carbocycles. The van der Waals surface area contributed by atoms with Gasteiger partial charge < -0.3 is 14.2 Å². The third-order valence-electron chi connectivity index (χ3n) is 13.1. The molecule has 0 fully saturated rings. The van der Waals surface area contributed by atoms with Crippen LogP contribution < -0.4 is 0 Å². The topological polar surface area (TPSA) is 61.8 Å². The van der Waals surface area contributed by atoms with Crippen LogP contribution in [0, 0.1) is 0 Å². The minimum atomic E-state index is -0.540. The second kappa shape index (κ2) is 57.4. The highest BCUT2D eigenvalue weighted by Gasteiger charge is 2.17. The van der Waals surface area contributed by atoms with Gasteiger partial charge in [-0.05, 0) is 70.6 Å². The van der Waals surface area contributed by atoms with Crippen molar-refractivity contribution in [2.45, 2.75) is 322 Å². The fourth-order valence-electron chi connectivity index (χ4n) is 8.72. The number of esters is 2. The van der Waals surface area contributed by atoms with Crippen molar-refractivity contribution in [1.29, 1.82) is 0 Å². The largest absolute Gasteiger partial charge is 0.462 e. The molecule has 0 rings (SSSR count). The Labute approximate surface area is 412 Å². The Morgan fingerprint density at radius 2 is 0.667 bits per heavy atom. The maximum absolute atomic E-state index is 12.8. The van der Waals surface area contributed by atoms with Crippen molar-refractivity contribution in [1.82, 2.24) is 0 Å². The van der Waals surface area contributed by atoms with Gasteiger partial charge in [0, 0.05) is 19.4 Å². The number of carbonyl (C=O) groups excluding carboxylic acids is 2. The molecule has 0 amide bonds. The van der Waals surface area contributed by atoms with E-state index < -0.39 is 6.10 Å². The minimum Gasteiger partial charge on any atom is -0.462 e. The summed E-state index contributed by atoms with van der Waals surface area (Å²) in [4.78, 5) is 25.5. The van der Waals surface area contributed by atoms with Crippen molar-refractivity contribution in [3.05, 3.63) is 36.5 Å². The molecule has 388 valence electrons. The van der Waals surface area contributed by atoms with Gasteiger partial charge in [-0.25, -0.2) is 0 Å². The van der Waals surface area contributed by atoms with E-state index in [1.807, 2.05) is 0 Å². The molecule has 66 heavy (non-hydrogen) atoms. The molecule has 0 N–H and O–H groups in total. The Morgan fingerprint density at radius 1 is 0.333 bits per heavy atom. The molecule has 0 bridgehead atoms. The van der Waals surface area contributed by atoms with E-state index >= 15 is 0 Å². The molecule has 0 saturated carbocycles. The first-order valence-electron chi connectivity index (χ1n) is 29.5. The number of allylic oxidation sites excluding steroid dienone is 6. The van der Waals surface area contributed by atoms with E-state index in [4.69, 9.17) is 14.2 Å². The molecule has 0 heterocycles. The van der Waals surface area contributed by atoms with Gasteiger partial charge in [-0.15, -0.1) is 0 Å². The van der Waals surface area contributed by atoms with Gasteiger partial charge in [0.25, 0.3) is 0 Å². The van der Waals surface area contributed by atoms with Crippen molar-refractivity contribution >= 4 is 11.9 Å². The van der Waals surface area contributed by atoms with Crippen LogP contribution in [-0.4, -0.2) is 37.9 Å². The molecule has 5 nitrogen and oxygen atoms in total. The third kappa shape index (κ3) is 54.7. The normalized spacial score (nSPS) is 12.3. The molecular weight excluding hydrogens is 813 g/mol. The van der Waals surface area contributed by atoms with Crippen LogP contribution in [-0.2, 0) is 23.8 Å². The summed E-state index contributed by atoms with van der Waals surface area (Å²) in [5.41, 5.74) is 0. The maximum Gasteiger partial charge on any atom is 0.306 e. The quantitative estimate of drug-likeness (QED) is 0.0345. The van der Waals surface area contributed by atoms with E-state index in [1.165, 1.54) is 231 Å².